The van der Waals surface area contributed by atoms with Gasteiger partial charge in [-0.1, -0.05) is 22.9 Å². The fourth-order valence-electron chi connectivity index (χ4n) is 2.51. The van der Waals surface area contributed by atoms with Gasteiger partial charge in [-0.15, -0.1) is 0 Å². The second kappa shape index (κ2) is 6.04. The Balaban J connectivity index is 2.23. The molecule has 0 aromatic heterocycles. The highest BCUT2D eigenvalue weighted by atomic mass is 79.9. The maximum atomic E-state index is 9.38. The van der Waals surface area contributed by atoms with Crippen molar-refractivity contribution in [1.29, 1.82) is 0 Å². The van der Waals surface area contributed by atoms with Crippen molar-refractivity contribution in [2.45, 2.75) is 19.9 Å². The van der Waals surface area contributed by atoms with Crippen molar-refractivity contribution >= 4 is 21.6 Å². The molecule has 0 radical (unpaired) electrons. The van der Waals surface area contributed by atoms with Gasteiger partial charge in [-0.3, -0.25) is 0 Å². The molecule has 4 heteroatoms. The number of anilines is 1. The smallest absolute Gasteiger partial charge is 0.0601 e. The first-order valence-electron chi connectivity index (χ1n) is 6.45. The van der Waals surface area contributed by atoms with E-state index in [2.05, 4.69) is 58.2 Å². The van der Waals surface area contributed by atoms with E-state index in [0.29, 0.717) is 5.92 Å². The fourth-order valence-corrected chi connectivity index (χ4v) is 2.98. The quantitative estimate of drug-likeness (QED) is 0.878. The van der Waals surface area contributed by atoms with Crippen LogP contribution in [0.2, 0.25) is 0 Å². The number of aryl methyl sites for hydroxylation is 1. The molecular weight excluding hydrogens is 292 g/mol. The zero-order valence-corrected chi connectivity index (χ0v) is 12.6. The first-order valence-corrected chi connectivity index (χ1v) is 7.24. The molecule has 2 unspecified atom stereocenters. The third kappa shape index (κ3) is 3.25. The van der Waals surface area contributed by atoms with Crippen LogP contribution < -0.4 is 10.2 Å². The second-order valence-electron chi connectivity index (χ2n) is 5.23. The molecule has 1 saturated heterocycles. The van der Waals surface area contributed by atoms with Gasteiger partial charge in [-0.25, -0.2) is 0 Å². The molecule has 1 aliphatic heterocycles. The van der Waals surface area contributed by atoms with Gasteiger partial charge >= 0.3 is 0 Å². The summed E-state index contributed by atoms with van der Waals surface area (Å²) in [4.78, 5) is 2.38. The normalized spacial score (nSPS) is 25.0. The molecule has 0 saturated carbocycles. The number of nitrogens with one attached hydrogen (secondary N) is 1. The monoisotopic (exact) mass is 312 g/mol. The molecular formula is C14H21BrN2O. The molecule has 100 valence electrons. The Hall–Kier alpha value is -0.580. The molecule has 0 spiro atoms. The molecule has 18 heavy (non-hydrogen) atoms. The molecule has 1 aromatic carbocycles. The summed E-state index contributed by atoms with van der Waals surface area (Å²) in [6.07, 6.45) is 0. The van der Waals surface area contributed by atoms with Crippen LogP contribution in [0.4, 0.5) is 5.69 Å². The number of benzene rings is 1. The lowest BCUT2D eigenvalue weighted by Crippen LogP contribution is -2.40. The third-order valence-electron chi connectivity index (χ3n) is 3.45. The standard InChI is InChI=1S/C14H21BrN2O/c1-10-6-16-13(9-18)8-17(7-10)14-4-3-12(15)5-11(14)2/h3-5,10,13,16,18H,6-9H2,1-2H3. The summed E-state index contributed by atoms with van der Waals surface area (Å²) < 4.78 is 1.11. The fraction of sp³-hybridized carbons (Fsp3) is 0.571. The number of hydrogen-bond donors (Lipinski definition) is 2. The van der Waals surface area contributed by atoms with Gasteiger partial charge in [-0.05, 0) is 43.1 Å². The van der Waals surface area contributed by atoms with E-state index in [1.54, 1.807) is 0 Å². The van der Waals surface area contributed by atoms with Crippen LogP contribution in [0.1, 0.15) is 12.5 Å². The summed E-state index contributed by atoms with van der Waals surface area (Å²) in [6, 6.07) is 6.55. The zero-order chi connectivity index (χ0) is 13.1. The van der Waals surface area contributed by atoms with Gasteiger partial charge in [0.15, 0.2) is 0 Å². The van der Waals surface area contributed by atoms with Crippen LogP contribution in [0, 0.1) is 12.8 Å². The Morgan fingerprint density at radius 3 is 2.89 bits per heavy atom. The Bertz CT molecular complexity index is 411. The number of halogens is 1. The number of rotatable bonds is 2. The molecule has 1 fully saturated rings. The molecule has 0 bridgehead atoms. The first kappa shape index (κ1) is 13.8. The summed E-state index contributed by atoms with van der Waals surface area (Å²) in [5, 5.41) is 12.8. The summed E-state index contributed by atoms with van der Waals surface area (Å²) in [7, 11) is 0. The van der Waals surface area contributed by atoms with Crippen LogP contribution in [0.25, 0.3) is 0 Å². The SMILES string of the molecule is Cc1cc(Br)ccc1N1CC(C)CNC(CO)C1. The highest BCUT2D eigenvalue weighted by Gasteiger charge is 2.21. The summed E-state index contributed by atoms with van der Waals surface area (Å²) in [5.41, 5.74) is 2.54. The van der Waals surface area contributed by atoms with Crippen molar-refractivity contribution in [3.05, 3.63) is 28.2 Å². The Morgan fingerprint density at radius 2 is 2.22 bits per heavy atom. The van der Waals surface area contributed by atoms with Crippen molar-refractivity contribution in [3.63, 3.8) is 0 Å². The van der Waals surface area contributed by atoms with Gasteiger partial charge in [0.05, 0.1) is 6.61 Å². The van der Waals surface area contributed by atoms with Gasteiger partial charge in [0.2, 0.25) is 0 Å². The van der Waals surface area contributed by atoms with E-state index >= 15 is 0 Å². The number of hydrogen-bond acceptors (Lipinski definition) is 3. The number of aliphatic hydroxyl groups is 1. The van der Waals surface area contributed by atoms with E-state index in [4.69, 9.17) is 0 Å². The molecule has 2 rings (SSSR count). The molecule has 2 N–H and O–H groups in total. The average molecular weight is 313 g/mol. The molecule has 0 amide bonds. The summed E-state index contributed by atoms with van der Waals surface area (Å²) in [6.45, 7) is 7.44. The number of aliphatic hydroxyl groups excluding tert-OH is 1. The second-order valence-corrected chi connectivity index (χ2v) is 6.14. The minimum Gasteiger partial charge on any atom is -0.395 e. The summed E-state index contributed by atoms with van der Waals surface area (Å²) >= 11 is 3.50. The van der Waals surface area contributed by atoms with Gasteiger partial charge in [0, 0.05) is 29.3 Å². The maximum Gasteiger partial charge on any atom is 0.0601 e. The zero-order valence-electron chi connectivity index (χ0n) is 11.0. The lowest BCUT2D eigenvalue weighted by Gasteiger charge is -2.28. The minimum atomic E-state index is 0.165. The molecule has 0 aliphatic carbocycles. The Morgan fingerprint density at radius 1 is 1.44 bits per heavy atom. The predicted octanol–water partition coefficient (Wildman–Crippen LogP) is 2.16. The van der Waals surface area contributed by atoms with Crippen molar-refractivity contribution in [2.24, 2.45) is 5.92 Å². The highest BCUT2D eigenvalue weighted by Crippen LogP contribution is 2.25. The van der Waals surface area contributed by atoms with Crippen LogP contribution in [0.3, 0.4) is 0 Å². The molecule has 1 aliphatic rings. The van der Waals surface area contributed by atoms with E-state index < -0.39 is 0 Å². The molecule has 1 aromatic rings. The lowest BCUT2D eigenvalue weighted by molar-refractivity contribution is 0.247. The highest BCUT2D eigenvalue weighted by molar-refractivity contribution is 9.10. The Labute approximate surface area is 117 Å². The summed E-state index contributed by atoms with van der Waals surface area (Å²) in [5.74, 6) is 0.588. The molecule has 3 nitrogen and oxygen atoms in total. The largest absolute Gasteiger partial charge is 0.395 e. The van der Waals surface area contributed by atoms with Gasteiger partial charge in [0.25, 0.3) is 0 Å². The third-order valence-corrected chi connectivity index (χ3v) is 3.94. The van der Waals surface area contributed by atoms with Crippen LogP contribution in [0.5, 0.6) is 0 Å². The van der Waals surface area contributed by atoms with Crippen molar-refractivity contribution in [2.75, 3.05) is 31.1 Å². The van der Waals surface area contributed by atoms with Crippen molar-refractivity contribution in [1.82, 2.24) is 5.32 Å². The van der Waals surface area contributed by atoms with Crippen LogP contribution >= 0.6 is 15.9 Å². The molecule has 2 atom stereocenters. The van der Waals surface area contributed by atoms with E-state index in [1.807, 2.05) is 0 Å². The van der Waals surface area contributed by atoms with Crippen LogP contribution in [-0.4, -0.2) is 37.4 Å². The van der Waals surface area contributed by atoms with E-state index in [9.17, 15) is 5.11 Å². The van der Waals surface area contributed by atoms with Crippen molar-refractivity contribution in [3.8, 4) is 0 Å². The predicted molar refractivity (Wildman–Crippen MR) is 79.1 cm³/mol. The average Bonchev–Trinajstić information content (AvgIpc) is 2.51. The van der Waals surface area contributed by atoms with E-state index in [1.165, 1.54) is 11.3 Å². The molecule has 1 heterocycles. The topological polar surface area (TPSA) is 35.5 Å². The maximum absolute atomic E-state index is 9.38. The lowest BCUT2D eigenvalue weighted by atomic mass is 10.1. The van der Waals surface area contributed by atoms with Crippen LogP contribution in [-0.2, 0) is 0 Å². The van der Waals surface area contributed by atoms with Gasteiger partial charge < -0.3 is 15.3 Å². The number of nitrogens with zero attached hydrogens (tertiary/aromatic N) is 1. The Kier molecular flexibility index (Phi) is 4.65. The minimum absolute atomic E-state index is 0.165. The van der Waals surface area contributed by atoms with Gasteiger partial charge in [0.1, 0.15) is 0 Å². The first-order chi connectivity index (χ1) is 8.60. The van der Waals surface area contributed by atoms with Gasteiger partial charge in [-0.2, -0.15) is 0 Å². The van der Waals surface area contributed by atoms with E-state index in [-0.39, 0.29) is 12.6 Å². The van der Waals surface area contributed by atoms with Crippen molar-refractivity contribution < 1.29 is 5.11 Å². The van der Waals surface area contributed by atoms with E-state index in [0.717, 1.165) is 24.1 Å². The van der Waals surface area contributed by atoms with Crippen LogP contribution in [0.15, 0.2) is 22.7 Å².